The van der Waals surface area contributed by atoms with Crippen LogP contribution in [0.2, 0.25) is 5.02 Å². The van der Waals surface area contributed by atoms with Crippen LogP contribution in [0, 0.1) is 20.8 Å². The highest BCUT2D eigenvalue weighted by Crippen LogP contribution is 2.24. The first kappa shape index (κ1) is 12.1. The van der Waals surface area contributed by atoms with E-state index in [9.17, 15) is 0 Å². The Morgan fingerprint density at radius 3 is 2.47 bits per heavy atom. The quantitative estimate of drug-likeness (QED) is 0.890. The van der Waals surface area contributed by atoms with Gasteiger partial charge in [-0.3, -0.25) is 0 Å². The van der Waals surface area contributed by atoms with E-state index in [0.29, 0.717) is 11.6 Å². The smallest absolute Gasteiger partial charge is 0.0835 e. The fourth-order valence-electron chi connectivity index (χ4n) is 1.80. The fourth-order valence-corrected chi connectivity index (χ4v) is 2.09. The molecular formula is C13H16ClN3. The third kappa shape index (κ3) is 2.08. The van der Waals surface area contributed by atoms with Gasteiger partial charge >= 0.3 is 0 Å². The summed E-state index contributed by atoms with van der Waals surface area (Å²) in [4.78, 5) is 0. The molecule has 0 saturated heterocycles. The molecular weight excluding hydrogens is 234 g/mol. The lowest BCUT2D eigenvalue weighted by atomic mass is 10.2. The number of aryl methyl sites for hydroxylation is 1. The van der Waals surface area contributed by atoms with Crippen molar-refractivity contribution in [3.05, 3.63) is 45.7 Å². The summed E-state index contributed by atoms with van der Waals surface area (Å²) < 4.78 is 1.88. The van der Waals surface area contributed by atoms with Gasteiger partial charge in [-0.15, -0.1) is 0 Å². The Hall–Kier alpha value is -1.32. The molecule has 0 aliphatic rings. The molecule has 17 heavy (non-hydrogen) atoms. The number of halogens is 1. The predicted octanol–water partition coefficient (Wildman–Crippen LogP) is 2.91. The van der Waals surface area contributed by atoms with Crippen LogP contribution in [0.25, 0.3) is 5.69 Å². The van der Waals surface area contributed by atoms with Crippen LogP contribution in [0.5, 0.6) is 0 Å². The van der Waals surface area contributed by atoms with E-state index in [1.807, 2.05) is 36.7 Å². The SMILES string of the molecule is Cc1nn(-c2ccc(CN)cc2Cl)c(C)c1C. The fraction of sp³-hybridized carbons (Fsp3) is 0.308. The lowest BCUT2D eigenvalue weighted by molar-refractivity contribution is 0.832. The van der Waals surface area contributed by atoms with Crippen molar-refractivity contribution in [3.8, 4) is 5.69 Å². The number of rotatable bonds is 2. The van der Waals surface area contributed by atoms with Crippen LogP contribution in [0.1, 0.15) is 22.5 Å². The second-order valence-electron chi connectivity index (χ2n) is 4.20. The average molecular weight is 250 g/mol. The largest absolute Gasteiger partial charge is 0.326 e. The summed E-state index contributed by atoms with van der Waals surface area (Å²) >= 11 is 6.26. The second-order valence-corrected chi connectivity index (χ2v) is 4.60. The maximum absolute atomic E-state index is 6.26. The minimum atomic E-state index is 0.496. The molecule has 0 aliphatic heterocycles. The van der Waals surface area contributed by atoms with Crippen molar-refractivity contribution in [2.45, 2.75) is 27.3 Å². The van der Waals surface area contributed by atoms with Crippen molar-refractivity contribution in [3.63, 3.8) is 0 Å². The van der Waals surface area contributed by atoms with Gasteiger partial charge in [0.15, 0.2) is 0 Å². The normalized spacial score (nSPS) is 10.9. The van der Waals surface area contributed by atoms with Crippen molar-refractivity contribution in [1.82, 2.24) is 9.78 Å². The van der Waals surface area contributed by atoms with E-state index < -0.39 is 0 Å². The molecule has 0 unspecified atom stereocenters. The van der Waals surface area contributed by atoms with Gasteiger partial charge in [0.05, 0.1) is 16.4 Å². The van der Waals surface area contributed by atoms with Crippen LogP contribution in [0.4, 0.5) is 0 Å². The van der Waals surface area contributed by atoms with E-state index >= 15 is 0 Å². The molecule has 0 spiro atoms. The van der Waals surface area contributed by atoms with Crippen LogP contribution in [-0.4, -0.2) is 9.78 Å². The molecule has 0 atom stereocenters. The minimum Gasteiger partial charge on any atom is -0.326 e. The second kappa shape index (κ2) is 4.51. The lowest BCUT2D eigenvalue weighted by Gasteiger charge is -2.08. The summed E-state index contributed by atoms with van der Waals surface area (Å²) in [5, 5.41) is 5.18. The van der Waals surface area contributed by atoms with E-state index in [4.69, 9.17) is 17.3 Å². The van der Waals surface area contributed by atoms with Crippen molar-refractivity contribution in [2.75, 3.05) is 0 Å². The Morgan fingerprint density at radius 1 is 1.29 bits per heavy atom. The van der Waals surface area contributed by atoms with E-state index in [2.05, 4.69) is 12.0 Å². The van der Waals surface area contributed by atoms with Crippen LogP contribution in [0.3, 0.4) is 0 Å². The van der Waals surface area contributed by atoms with E-state index in [0.717, 1.165) is 22.6 Å². The maximum atomic E-state index is 6.26. The summed E-state index contributed by atoms with van der Waals surface area (Å²) in [6.07, 6.45) is 0. The molecule has 0 amide bonds. The Morgan fingerprint density at radius 2 is 2.00 bits per heavy atom. The Kier molecular flexibility index (Phi) is 3.22. The number of aromatic nitrogens is 2. The van der Waals surface area contributed by atoms with Crippen molar-refractivity contribution >= 4 is 11.6 Å². The molecule has 1 heterocycles. The number of hydrogen-bond donors (Lipinski definition) is 1. The number of benzene rings is 1. The topological polar surface area (TPSA) is 43.8 Å². The van der Waals surface area contributed by atoms with Crippen LogP contribution < -0.4 is 5.73 Å². The molecule has 0 saturated carbocycles. The minimum absolute atomic E-state index is 0.496. The maximum Gasteiger partial charge on any atom is 0.0835 e. The van der Waals surface area contributed by atoms with Gasteiger partial charge in [-0.2, -0.15) is 5.10 Å². The molecule has 4 heteroatoms. The summed E-state index contributed by atoms with van der Waals surface area (Å²) in [6, 6.07) is 5.83. The Labute approximate surface area is 106 Å². The third-order valence-electron chi connectivity index (χ3n) is 3.13. The molecule has 0 fully saturated rings. The lowest BCUT2D eigenvalue weighted by Crippen LogP contribution is -2.02. The average Bonchev–Trinajstić information content (AvgIpc) is 2.57. The van der Waals surface area contributed by atoms with Crippen molar-refractivity contribution < 1.29 is 0 Å². The molecule has 0 radical (unpaired) electrons. The van der Waals surface area contributed by atoms with Gasteiger partial charge in [0.1, 0.15) is 0 Å². The first-order chi connectivity index (χ1) is 8.04. The van der Waals surface area contributed by atoms with Crippen molar-refractivity contribution in [2.24, 2.45) is 5.73 Å². The van der Waals surface area contributed by atoms with Gasteiger partial charge in [-0.1, -0.05) is 17.7 Å². The van der Waals surface area contributed by atoms with E-state index in [1.54, 1.807) is 0 Å². The summed E-state index contributed by atoms with van der Waals surface area (Å²) in [5.74, 6) is 0. The molecule has 3 nitrogen and oxygen atoms in total. The van der Waals surface area contributed by atoms with Gasteiger partial charge in [0.2, 0.25) is 0 Å². The summed E-state index contributed by atoms with van der Waals surface area (Å²) in [7, 11) is 0. The number of hydrogen-bond acceptors (Lipinski definition) is 2. The van der Waals surface area contributed by atoms with Gasteiger partial charge < -0.3 is 5.73 Å². The molecule has 1 aromatic heterocycles. The molecule has 2 N–H and O–H groups in total. The molecule has 0 aliphatic carbocycles. The van der Waals surface area contributed by atoms with E-state index in [-0.39, 0.29) is 0 Å². The van der Waals surface area contributed by atoms with Gasteiger partial charge in [0.25, 0.3) is 0 Å². The van der Waals surface area contributed by atoms with Crippen molar-refractivity contribution in [1.29, 1.82) is 0 Å². The number of nitrogens with zero attached hydrogens (tertiary/aromatic N) is 2. The predicted molar refractivity (Wildman–Crippen MR) is 70.7 cm³/mol. The highest BCUT2D eigenvalue weighted by Gasteiger charge is 2.11. The Balaban J connectivity index is 2.57. The highest BCUT2D eigenvalue weighted by molar-refractivity contribution is 6.32. The zero-order chi connectivity index (χ0) is 12.6. The molecule has 1 aromatic carbocycles. The standard InChI is InChI=1S/C13H16ClN3/c1-8-9(2)16-17(10(8)3)13-5-4-11(7-15)6-12(13)14/h4-6H,7,15H2,1-3H3. The third-order valence-corrected chi connectivity index (χ3v) is 3.43. The van der Waals surface area contributed by atoms with Crippen LogP contribution in [-0.2, 0) is 6.54 Å². The Bertz CT molecular complexity index is 558. The van der Waals surface area contributed by atoms with Gasteiger partial charge in [-0.05, 0) is 44.0 Å². The highest BCUT2D eigenvalue weighted by atomic mass is 35.5. The monoisotopic (exact) mass is 249 g/mol. The first-order valence-electron chi connectivity index (χ1n) is 5.56. The van der Waals surface area contributed by atoms with E-state index in [1.165, 1.54) is 5.56 Å². The first-order valence-corrected chi connectivity index (χ1v) is 5.94. The summed E-state index contributed by atoms with van der Waals surface area (Å²) in [6.45, 7) is 6.61. The van der Waals surface area contributed by atoms with Gasteiger partial charge in [-0.25, -0.2) is 4.68 Å². The van der Waals surface area contributed by atoms with Crippen LogP contribution in [0.15, 0.2) is 18.2 Å². The summed E-state index contributed by atoms with van der Waals surface area (Å²) in [5.41, 5.74) is 10.9. The number of nitrogens with two attached hydrogens (primary N) is 1. The zero-order valence-corrected chi connectivity index (χ0v) is 11.0. The zero-order valence-electron chi connectivity index (χ0n) is 10.3. The molecule has 2 aromatic rings. The van der Waals surface area contributed by atoms with Crippen LogP contribution >= 0.6 is 11.6 Å². The van der Waals surface area contributed by atoms with Gasteiger partial charge in [0, 0.05) is 12.2 Å². The molecule has 2 rings (SSSR count). The molecule has 0 bridgehead atoms. The molecule has 90 valence electrons.